The van der Waals surface area contributed by atoms with E-state index in [1.807, 2.05) is 30.3 Å². The molecule has 0 aliphatic heterocycles. The molecule has 1 N–H and O–H groups in total. The molecular formula is C18H26O3. The smallest absolute Gasteiger partial charge is 0.371 e. The molecule has 0 saturated carbocycles. The number of hydrogen-bond acceptors (Lipinski definition) is 2. The summed E-state index contributed by atoms with van der Waals surface area (Å²) in [6.45, 7) is 2.20. The zero-order valence-corrected chi connectivity index (χ0v) is 13.1. The van der Waals surface area contributed by atoms with E-state index in [1.54, 1.807) is 0 Å². The second-order valence-electron chi connectivity index (χ2n) is 5.20. The van der Waals surface area contributed by atoms with Crippen LogP contribution in [0.3, 0.4) is 0 Å². The summed E-state index contributed by atoms with van der Waals surface area (Å²) in [5.41, 5.74) is 1.73. The lowest BCUT2D eigenvalue weighted by atomic mass is 9.99. The summed E-state index contributed by atoms with van der Waals surface area (Å²) in [6.07, 6.45) is 7.86. The lowest BCUT2D eigenvalue weighted by Gasteiger charge is -2.12. The van der Waals surface area contributed by atoms with Crippen LogP contribution in [0.1, 0.15) is 57.4 Å². The summed E-state index contributed by atoms with van der Waals surface area (Å²) in [5, 5.41) is 9.29. The number of benzene rings is 1. The summed E-state index contributed by atoms with van der Waals surface area (Å²) in [6, 6.07) is 9.65. The molecule has 1 aromatic carbocycles. The summed E-state index contributed by atoms with van der Waals surface area (Å²) >= 11 is 0. The predicted molar refractivity (Wildman–Crippen MR) is 86.0 cm³/mol. The van der Waals surface area contributed by atoms with Crippen molar-refractivity contribution in [3.05, 3.63) is 41.7 Å². The van der Waals surface area contributed by atoms with Crippen molar-refractivity contribution in [2.75, 3.05) is 7.11 Å². The predicted octanol–water partition coefficient (Wildman–Crippen LogP) is 4.88. The number of aliphatic carboxylic acids is 1. The Kier molecular flexibility index (Phi) is 8.25. The number of rotatable bonds is 10. The third-order valence-corrected chi connectivity index (χ3v) is 3.58. The molecule has 0 unspecified atom stereocenters. The molecule has 1 rings (SSSR count). The largest absolute Gasteiger partial charge is 0.490 e. The fourth-order valence-corrected chi connectivity index (χ4v) is 2.45. The lowest BCUT2D eigenvalue weighted by molar-refractivity contribution is -0.135. The van der Waals surface area contributed by atoms with Gasteiger partial charge in [0.25, 0.3) is 0 Å². The molecule has 0 atom stereocenters. The van der Waals surface area contributed by atoms with Crippen molar-refractivity contribution in [2.45, 2.75) is 51.9 Å². The second kappa shape index (κ2) is 10.0. The summed E-state index contributed by atoms with van der Waals surface area (Å²) in [5.74, 6) is -0.933. The number of methoxy groups -OCH3 is 1. The van der Waals surface area contributed by atoms with Crippen molar-refractivity contribution in [3.8, 4) is 0 Å². The molecule has 116 valence electrons. The second-order valence-corrected chi connectivity index (χ2v) is 5.20. The molecule has 0 heterocycles. The van der Waals surface area contributed by atoms with Gasteiger partial charge in [0.1, 0.15) is 0 Å². The number of unbranched alkanes of at least 4 members (excludes halogenated alkanes) is 5. The van der Waals surface area contributed by atoms with E-state index < -0.39 is 5.97 Å². The summed E-state index contributed by atoms with van der Waals surface area (Å²) in [7, 11) is 1.42. The molecule has 0 radical (unpaired) electrons. The van der Waals surface area contributed by atoms with Crippen molar-refractivity contribution in [1.82, 2.24) is 0 Å². The average molecular weight is 292 g/mol. The molecule has 0 aliphatic rings. The van der Waals surface area contributed by atoms with Gasteiger partial charge >= 0.3 is 5.97 Å². The molecule has 3 nitrogen and oxygen atoms in total. The monoisotopic (exact) mass is 292 g/mol. The van der Waals surface area contributed by atoms with Gasteiger partial charge in [-0.3, -0.25) is 0 Å². The van der Waals surface area contributed by atoms with Gasteiger partial charge in [-0.1, -0.05) is 69.4 Å². The number of carboxylic acids is 1. The topological polar surface area (TPSA) is 46.5 Å². The molecule has 0 aliphatic carbocycles. The van der Waals surface area contributed by atoms with E-state index in [0.717, 1.165) is 30.4 Å². The maximum absolute atomic E-state index is 11.3. The van der Waals surface area contributed by atoms with Gasteiger partial charge in [0, 0.05) is 5.57 Å². The number of carboxylic acid groups (broad SMARTS) is 1. The van der Waals surface area contributed by atoms with E-state index in [1.165, 1.54) is 32.8 Å². The Morgan fingerprint density at radius 2 is 1.71 bits per heavy atom. The number of allylic oxidation sites excluding steroid dienone is 1. The minimum absolute atomic E-state index is 0.0646. The normalized spacial score (nSPS) is 11.9. The van der Waals surface area contributed by atoms with Crippen LogP contribution in [0.2, 0.25) is 0 Å². The zero-order chi connectivity index (χ0) is 15.5. The van der Waals surface area contributed by atoms with Crippen LogP contribution in [-0.2, 0) is 9.53 Å². The first kappa shape index (κ1) is 17.3. The highest BCUT2D eigenvalue weighted by molar-refractivity contribution is 5.94. The van der Waals surface area contributed by atoms with Crippen molar-refractivity contribution in [3.63, 3.8) is 0 Å². The Balaban J connectivity index is 2.73. The van der Waals surface area contributed by atoms with E-state index in [4.69, 9.17) is 4.74 Å². The van der Waals surface area contributed by atoms with Crippen LogP contribution in [0.15, 0.2) is 36.1 Å². The molecule has 21 heavy (non-hydrogen) atoms. The third kappa shape index (κ3) is 6.03. The molecule has 0 aromatic heterocycles. The minimum atomic E-state index is -0.998. The maximum atomic E-state index is 11.3. The first-order valence-corrected chi connectivity index (χ1v) is 7.76. The van der Waals surface area contributed by atoms with Gasteiger partial charge in [-0.2, -0.15) is 0 Å². The van der Waals surface area contributed by atoms with E-state index in [2.05, 4.69) is 6.92 Å². The van der Waals surface area contributed by atoms with Crippen LogP contribution < -0.4 is 0 Å². The van der Waals surface area contributed by atoms with Gasteiger partial charge in [0.15, 0.2) is 0 Å². The fourth-order valence-electron chi connectivity index (χ4n) is 2.45. The van der Waals surface area contributed by atoms with E-state index >= 15 is 0 Å². The SMILES string of the molecule is CCCCCCCCC(=C(OC)[14C](=O)O)c1ccccc1. The Labute approximate surface area is 127 Å². The quantitative estimate of drug-likeness (QED) is 0.380. The first-order valence-electron chi connectivity index (χ1n) is 7.76. The van der Waals surface area contributed by atoms with Gasteiger partial charge in [-0.15, -0.1) is 0 Å². The molecule has 1 aromatic rings. The highest BCUT2D eigenvalue weighted by Gasteiger charge is 2.16. The molecule has 3 heteroatoms. The Morgan fingerprint density at radius 1 is 1.10 bits per heavy atom. The Bertz CT molecular complexity index is 449. The standard InChI is InChI=1S/C18H26O3/c1-3-4-5-6-7-11-14-16(17(21-2)18(19)20)15-12-9-8-10-13-15/h8-10,12-13H,3-7,11,14H2,1-2H3,(H,19,20)/i18+2. The van der Waals surface area contributed by atoms with Crippen LogP contribution in [0.25, 0.3) is 5.57 Å². The highest BCUT2D eigenvalue weighted by Crippen LogP contribution is 2.26. The van der Waals surface area contributed by atoms with Gasteiger partial charge in [0.05, 0.1) is 7.11 Å². The minimum Gasteiger partial charge on any atom is -0.490 e. The number of ether oxygens (including phenoxy) is 1. The van der Waals surface area contributed by atoms with Crippen LogP contribution in [-0.4, -0.2) is 18.2 Å². The van der Waals surface area contributed by atoms with Crippen LogP contribution in [0.5, 0.6) is 0 Å². The third-order valence-electron chi connectivity index (χ3n) is 3.58. The zero-order valence-electron chi connectivity index (χ0n) is 13.1. The van der Waals surface area contributed by atoms with Gasteiger partial charge in [0.2, 0.25) is 5.76 Å². The van der Waals surface area contributed by atoms with Gasteiger partial charge < -0.3 is 9.84 Å². The summed E-state index contributed by atoms with van der Waals surface area (Å²) in [4.78, 5) is 11.3. The Hall–Kier alpha value is -1.77. The number of hydrogen-bond donors (Lipinski definition) is 1. The van der Waals surface area contributed by atoms with Crippen molar-refractivity contribution in [2.24, 2.45) is 0 Å². The lowest BCUT2D eigenvalue weighted by Crippen LogP contribution is -2.06. The molecule has 0 bridgehead atoms. The van der Waals surface area contributed by atoms with Crippen LogP contribution >= 0.6 is 0 Å². The Morgan fingerprint density at radius 3 is 2.29 bits per heavy atom. The van der Waals surface area contributed by atoms with Crippen LogP contribution in [0, 0.1) is 0 Å². The molecule has 0 saturated heterocycles. The first-order chi connectivity index (χ1) is 10.2. The summed E-state index contributed by atoms with van der Waals surface area (Å²) < 4.78 is 5.10. The maximum Gasteiger partial charge on any atom is 0.371 e. The number of carbonyl (C=O) groups is 1. The van der Waals surface area contributed by atoms with E-state index in [9.17, 15) is 9.90 Å². The fraction of sp³-hybridized carbons (Fsp3) is 0.500. The molecule has 0 spiro atoms. The van der Waals surface area contributed by atoms with E-state index in [-0.39, 0.29) is 5.76 Å². The van der Waals surface area contributed by atoms with Gasteiger partial charge in [-0.25, -0.2) is 4.79 Å². The molecule has 0 amide bonds. The molecule has 0 fully saturated rings. The van der Waals surface area contributed by atoms with Gasteiger partial charge in [-0.05, 0) is 18.4 Å². The van der Waals surface area contributed by atoms with E-state index in [0.29, 0.717) is 0 Å². The highest BCUT2D eigenvalue weighted by atomic mass is 16.7. The van der Waals surface area contributed by atoms with Crippen molar-refractivity contribution < 1.29 is 14.6 Å². The van der Waals surface area contributed by atoms with Crippen molar-refractivity contribution >= 4 is 11.5 Å². The van der Waals surface area contributed by atoms with Crippen molar-refractivity contribution in [1.29, 1.82) is 0 Å². The molecular weight excluding hydrogens is 266 g/mol. The average Bonchev–Trinajstić information content (AvgIpc) is 2.50. The van der Waals surface area contributed by atoms with Crippen LogP contribution in [0.4, 0.5) is 0 Å².